The molecule has 1 aliphatic rings. The maximum atomic E-state index is 12.1. The Morgan fingerprint density at radius 3 is 2.74 bits per heavy atom. The molecule has 0 amide bonds. The Labute approximate surface area is 134 Å². The van der Waals surface area contributed by atoms with Gasteiger partial charge in [0, 0.05) is 16.5 Å². The maximum Gasteiger partial charge on any atom is 0.347 e. The van der Waals surface area contributed by atoms with Gasteiger partial charge in [-0.3, -0.25) is 0 Å². The van der Waals surface area contributed by atoms with Gasteiger partial charge in [0.25, 0.3) is 0 Å². The van der Waals surface area contributed by atoms with Crippen LogP contribution < -0.4 is 10.4 Å². The molecule has 1 aliphatic carbocycles. The highest BCUT2D eigenvalue weighted by molar-refractivity contribution is 5.86. The van der Waals surface area contributed by atoms with Gasteiger partial charge in [-0.25, -0.2) is 9.59 Å². The SMILES string of the molecule is CC[C@H](Oc1ccc2c3c(c(=O)oc2c1C)CCC3)C(=O)OC. The quantitative estimate of drug-likeness (QED) is 0.641. The third-order valence-corrected chi connectivity index (χ3v) is 4.44. The maximum absolute atomic E-state index is 12.1. The monoisotopic (exact) mass is 316 g/mol. The molecule has 2 aromatic rings. The lowest BCUT2D eigenvalue weighted by Gasteiger charge is -2.17. The second-order valence-corrected chi connectivity index (χ2v) is 5.80. The van der Waals surface area contributed by atoms with E-state index in [1.54, 1.807) is 0 Å². The third-order valence-electron chi connectivity index (χ3n) is 4.44. The van der Waals surface area contributed by atoms with E-state index in [1.807, 2.05) is 26.0 Å². The van der Waals surface area contributed by atoms with Crippen molar-refractivity contribution in [3.63, 3.8) is 0 Å². The van der Waals surface area contributed by atoms with Gasteiger partial charge in [0.15, 0.2) is 6.10 Å². The highest BCUT2D eigenvalue weighted by Gasteiger charge is 2.23. The molecular formula is C18H20O5. The molecule has 0 fully saturated rings. The summed E-state index contributed by atoms with van der Waals surface area (Å²) in [6, 6.07) is 3.75. The van der Waals surface area contributed by atoms with Crippen molar-refractivity contribution in [3.8, 4) is 5.75 Å². The smallest absolute Gasteiger partial charge is 0.347 e. The number of esters is 1. The zero-order valence-corrected chi connectivity index (χ0v) is 13.6. The summed E-state index contributed by atoms with van der Waals surface area (Å²) in [6.45, 7) is 3.69. The van der Waals surface area contributed by atoms with Crippen LogP contribution in [0, 0.1) is 6.92 Å². The second kappa shape index (κ2) is 6.07. The minimum absolute atomic E-state index is 0.259. The topological polar surface area (TPSA) is 65.7 Å². The average molecular weight is 316 g/mol. The molecule has 23 heavy (non-hydrogen) atoms. The fraction of sp³-hybridized carbons (Fsp3) is 0.444. The summed E-state index contributed by atoms with van der Waals surface area (Å²) in [4.78, 5) is 23.8. The zero-order chi connectivity index (χ0) is 16.6. The van der Waals surface area contributed by atoms with E-state index < -0.39 is 12.1 Å². The predicted octanol–water partition coefficient (Wildman–Crippen LogP) is 2.92. The van der Waals surface area contributed by atoms with Crippen molar-refractivity contribution in [1.29, 1.82) is 0 Å². The van der Waals surface area contributed by atoms with E-state index in [0.717, 1.165) is 41.3 Å². The van der Waals surface area contributed by atoms with Gasteiger partial charge >= 0.3 is 11.6 Å². The van der Waals surface area contributed by atoms with Crippen molar-refractivity contribution in [3.05, 3.63) is 39.2 Å². The van der Waals surface area contributed by atoms with Crippen molar-refractivity contribution >= 4 is 16.9 Å². The first-order valence-electron chi connectivity index (χ1n) is 7.89. The molecule has 5 heteroatoms. The van der Waals surface area contributed by atoms with Gasteiger partial charge in [-0.15, -0.1) is 0 Å². The molecule has 0 saturated heterocycles. The standard InChI is InChI=1S/C18H20O5/c1-4-14(18(20)21-3)22-15-9-8-12-11-6-5-7-13(11)17(19)23-16(12)10(15)2/h8-9,14H,4-7H2,1-3H3/t14-/m0/s1. The number of rotatable bonds is 4. The molecule has 1 heterocycles. The van der Waals surface area contributed by atoms with Gasteiger partial charge in [0.05, 0.1) is 7.11 Å². The molecular weight excluding hydrogens is 296 g/mol. The van der Waals surface area contributed by atoms with Crippen LogP contribution >= 0.6 is 0 Å². The van der Waals surface area contributed by atoms with E-state index >= 15 is 0 Å². The van der Waals surface area contributed by atoms with Gasteiger partial charge in [0.1, 0.15) is 11.3 Å². The van der Waals surface area contributed by atoms with E-state index in [2.05, 4.69) is 0 Å². The van der Waals surface area contributed by atoms with Crippen LogP contribution in [-0.4, -0.2) is 19.2 Å². The summed E-state index contributed by atoms with van der Waals surface area (Å²) >= 11 is 0. The molecule has 0 unspecified atom stereocenters. The van der Waals surface area contributed by atoms with Crippen molar-refractivity contribution in [2.75, 3.05) is 7.11 Å². The molecule has 1 atom stereocenters. The van der Waals surface area contributed by atoms with Gasteiger partial charge < -0.3 is 13.9 Å². The molecule has 0 radical (unpaired) electrons. The van der Waals surface area contributed by atoms with Gasteiger partial charge in [-0.2, -0.15) is 0 Å². The Kier molecular flexibility index (Phi) is 4.11. The summed E-state index contributed by atoms with van der Waals surface area (Å²) in [6.07, 6.45) is 2.49. The molecule has 122 valence electrons. The number of fused-ring (bicyclic) bond motifs is 3. The predicted molar refractivity (Wildman–Crippen MR) is 86.0 cm³/mol. The lowest BCUT2D eigenvalue weighted by Crippen LogP contribution is -2.28. The minimum Gasteiger partial charge on any atom is -0.478 e. The first-order chi connectivity index (χ1) is 11.1. The molecule has 3 rings (SSSR count). The number of hydrogen-bond acceptors (Lipinski definition) is 5. The summed E-state index contributed by atoms with van der Waals surface area (Å²) in [5, 5.41) is 0.966. The van der Waals surface area contributed by atoms with Crippen LogP contribution in [-0.2, 0) is 22.4 Å². The number of carbonyl (C=O) groups is 1. The van der Waals surface area contributed by atoms with Crippen molar-refractivity contribution in [2.45, 2.75) is 45.6 Å². The number of carbonyl (C=O) groups excluding carboxylic acids is 1. The molecule has 0 N–H and O–H groups in total. The fourth-order valence-electron chi connectivity index (χ4n) is 3.17. The van der Waals surface area contributed by atoms with Gasteiger partial charge in [-0.05, 0) is 50.3 Å². The number of hydrogen-bond donors (Lipinski definition) is 0. The van der Waals surface area contributed by atoms with Gasteiger partial charge in [0.2, 0.25) is 0 Å². The van der Waals surface area contributed by atoms with Crippen molar-refractivity contribution in [2.24, 2.45) is 0 Å². The first kappa shape index (κ1) is 15.6. The Morgan fingerprint density at radius 2 is 2.04 bits per heavy atom. The number of benzene rings is 1. The van der Waals surface area contributed by atoms with Crippen LogP contribution in [0.5, 0.6) is 5.75 Å². The van der Waals surface area contributed by atoms with Crippen molar-refractivity contribution < 1.29 is 18.7 Å². The van der Waals surface area contributed by atoms with Crippen LogP contribution in [0.2, 0.25) is 0 Å². The van der Waals surface area contributed by atoms with Crippen LogP contribution in [0.15, 0.2) is 21.3 Å². The van der Waals surface area contributed by atoms with E-state index in [0.29, 0.717) is 17.8 Å². The molecule has 0 aliphatic heterocycles. The van der Waals surface area contributed by atoms with Crippen LogP contribution in [0.4, 0.5) is 0 Å². The zero-order valence-electron chi connectivity index (χ0n) is 13.6. The molecule has 1 aromatic carbocycles. The second-order valence-electron chi connectivity index (χ2n) is 5.80. The molecule has 0 saturated carbocycles. The van der Waals surface area contributed by atoms with Gasteiger partial charge in [-0.1, -0.05) is 6.92 Å². The normalized spacial score (nSPS) is 14.6. The Balaban J connectivity index is 2.08. The summed E-state index contributed by atoms with van der Waals surface area (Å²) in [5.74, 6) is 0.123. The summed E-state index contributed by atoms with van der Waals surface area (Å²) in [7, 11) is 1.34. The van der Waals surface area contributed by atoms with Crippen LogP contribution in [0.3, 0.4) is 0 Å². The fourth-order valence-corrected chi connectivity index (χ4v) is 3.17. The molecule has 0 spiro atoms. The molecule has 0 bridgehead atoms. The number of methoxy groups -OCH3 is 1. The van der Waals surface area contributed by atoms with E-state index in [-0.39, 0.29) is 5.63 Å². The number of ether oxygens (including phenoxy) is 2. The first-order valence-corrected chi connectivity index (χ1v) is 7.89. The van der Waals surface area contributed by atoms with E-state index in [9.17, 15) is 9.59 Å². The van der Waals surface area contributed by atoms with Crippen LogP contribution in [0.25, 0.3) is 11.0 Å². The minimum atomic E-state index is -0.669. The van der Waals surface area contributed by atoms with Crippen molar-refractivity contribution in [1.82, 2.24) is 0 Å². The number of aryl methyl sites for hydroxylation is 2. The molecule has 5 nitrogen and oxygen atoms in total. The largest absolute Gasteiger partial charge is 0.478 e. The Hall–Kier alpha value is -2.30. The van der Waals surface area contributed by atoms with E-state index in [1.165, 1.54) is 7.11 Å². The highest BCUT2D eigenvalue weighted by atomic mass is 16.6. The van der Waals surface area contributed by atoms with E-state index in [4.69, 9.17) is 13.9 Å². The summed E-state index contributed by atoms with van der Waals surface area (Å²) < 4.78 is 16.0. The third kappa shape index (κ3) is 2.60. The lowest BCUT2D eigenvalue weighted by molar-refractivity contribution is -0.148. The highest BCUT2D eigenvalue weighted by Crippen LogP contribution is 2.33. The average Bonchev–Trinajstić information content (AvgIpc) is 3.05. The Bertz CT molecular complexity index is 818. The lowest BCUT2D eigenvalue weighted by atomic mass is 10.0. The Morgan fingerprint density at radius 1 is 1.30 bits per heavy atom. The molecule has 1 aromatic heterocycles. The summed E-state index contributed by atoms with van der Waals surface area (Å²) in [5.41, 5.74) is 2.91. The van der Waals surface area contributed by atoms with Crippen LogP contribution in [0.1, 0.15) is 36.5 Å².